The Balaban J connectivity index is 2.24. The number of rotatable bonds is 4. The van der Waals surface area contributed by atoms with Gasteiger partial charge in [-0.25, -0.2) is 0 Å². The maximum Gasteiger partial charge on any atom is 0.116 e. The third-order valence-electron chi connectivity index (χ3n) is 3.04. The summed E-state index contributed by atoms with van der Waals surface area (Å²) in [7, 11) is 0. The van der Waals surface area contributed by atoms with Crippen LogP contribution in [0.4, 0.5) is 0 Å². The molecule has 2 nitrogen and oxygen atoms in total. The lowest BCUT2D eigenvalue weighted by Crippen LogP contribution is -2.18. The van der Waals surface area contributed by atoms with Gasteiger partial charge >= 0.3 is 0 Å². The van der Waals surface area contributed by atoms with Crippen molar-refractivity contribution in [3.8, 4) is 0 Å². The SMILES string of the molecule is CCCON=C1CCC(C(C)C)CC1. The van der Waals surface area contributed by atoms with Crippen LogP contribution in [0.2, 0.25) is 0 Å². The van der Waals surface area contributed by atoms with Crippen molar-refractivity contribution in [2.45, 2.75) is 52.9 Å². The predicted molar refractivity (Wildman–Crippen MR) is 60.5 cm³/mol. The molecular formula is C12H23NO. The summed E-state index contributed by atoms with van der Waals surface area (Å²) in [5.41, 5.74) is 1.27. The molecule has 1 saturated carbocycles. The number of nitrogens with zero attached hydrogens (tertiary/aromatic N) is 1. The van der Waals surface area contributed by atoms with Crippen molar-refractivity contribution in [2.75, 3.05) is 6.61 Å². The second kappa shape index (κ2) is 6.05. The predicted octanol–water partition coefficient (Wildman–Crippen LogP) is 3.62. The summed E-state index contributed by atoms with van der Waals surface area (Å²) in [5, 5.41) is 4.18. The summed E-state index contributed by atoms with van der Waals surface area (Å²) in [6.45, 7) is 7.51. The molecule has 0 amide bonds. The van der Waals surface area contributed by atoms with Crippen molar-refractivity contribution < 1.29 is 4.84 Å². The maximum absolute atomic E-state index is 5.21. The Kier molecular flexibility index (Phi) is 4.99. The third-order valence-corrected chi connectivity index (χ3v) is 3.04. The molecule has 0 aliphatic heterocycles. The zero-order valence-electron chi connectivity index (χ0n) is 9.75. The average molecular weight is 197 g/mol. The minimum absolute atomic E-state index is 0.761. The van der Waals surface area contributed by atoms with E-state index in [0.717, 1.165) is 37.7 Å². The first-order valence-corrected chi connectivity index (χ1v) is 5.91. The van der Waals surface area contributed by atoms with Gasteiger partial charge in [0.1, 0.15) is 6.61 Å². The topological polar surface area (TPSA) is 21.6 Å². The molecule has 0 unspecified atom stereocenters. The van der Waals surface area contributed by atoms with Crippen LogP contribution in [0, 0.1) is 11.8 Å². The van der Waals surface area contributed by atoms with Crippen LogP contribution in [0.5, 0.6) is 0 Å². The van der Waals surface area contributed by atoms with Gasteiger partial charge in [-0.15, -0.1) is 0 Å². The number of hydrogen-bond donors (Lipinski definition) is 0. The van der Waals surface area contributed by atoms with E-state index in [9.17, 15) is 0 Å². The number of hydrogen-bond acceptors (Lipinski definition) is 2. The van der Waals surface area contributed by atoms with E-state index in [-0.39, 0.29) is 0 Å². The molecule has 0 atom stereocenters. The summed E-state index contributed by atoms with van der Waals surface area (Å²) < 4.78 is 0. The molecule has 1 aliphatic carbocycles. The average Bonchev–Trinajstić information content (AvgIpc) is 2.19. The van der Waals surface area contributed by atoms with E-state index < -0.39 is 0 Å². The molecule has 82 valence electrons. The summed E-state index contributed by atoms with van der Waals surface area (Å²) in [6.07, 6.45) is 5.93. The van der Waals surface area contributed by atoms with E-state index >= 15 is 0 Å². The van der Waals surface area contributed by atoms with Gasteiger partial charge < -0.3 is 4.84 Å². The van der Waals surface area contributed by atoms with Crippen molar-refractivity contribution >= 4 is 5.71 Å². The first kappa shape index (κ1) is 11.5. The van der Waals surface area contributed by atoms with Crippen LogP contribution in [0.1, 0.15) is 52.9 Å². The molecule has 0 aromatic heterocycles. The molecule has 2 heteroatoms. The van der Waals surface area contributed by atoms with Gasteiger partial charge in [0.25, 0.3) is 0 Å². The van der Waals surface area contributed by atoms with Crippen molar-refractivity contribution in [3.05, 3.63) is 0 Å². The molecular weight excluding hydrogens is 174 g/mol. The van der Waals surface area contributed by atoms with Crippen molar-refractivity contribution in [2.24, 2.45) is 17.0 Å². The smallest absolute Gasteiger partial charge is 0.116 e. The van der Waals surface area contributed by atoms with Crippen molar-refractivity contribution in [1.82, 2.24) is 0 Å². The fourth-order valence-corrected chi connectivity index (χ4v) is 1.96. The van der Waals surface area contributed by atoms with Gasteiger partial charge in [0.2, 0.25) is 0 Å². The molecule has 0 saturated heterocycles. The molecule has 0 aromatic carbocycles. The lowest BCUT2D eigenvalue weighted by atomic mass is 9.81. The highest BCUT2D eigenvalue weighted by molar-refractivity contribution is 5.84. The van der Waals surface area contributed by atoms with Crippen molar-refractivity contribution in [1.29, 1.82) is 0 Å². The van der Waals surface area contributed by atoms with Crippen molar-refractivity contribution in [3.63, 3.8) is 0 Å². The zero-order valence-corrected chi connectivity index (χ0v) is 9.75. The van der Waals surface area contributed by atoms with Gasteiger partial charge in [0.05, 0.1) is 5.71 Å². The molecule has 0 aromatic rings. The van der Waals surface area contributed by atoms with E-state index in [0.29, 0.717) is 0 Å². The highest BCUT2D eigenvalue weighted by Crippen LogP contribution is 2.28. The normalized spacial score (nSPS) is 22.6. The van der Waals surface area contributed by atoms with Gasteiger partial charge in [-0.1, -0.05) is 25.9 Å². The van der Waals surface area contributed by atoms with Crippen LogP contribution >= 0.6 is 0 Å². The Bertz CT molecular complexity index is 177. The van der Waals surface area contributed by atoms with Gasteiger partial charge in [-0.3, -0.25) is 0 Å². The van der Waals surface area contributed by atoms with Crippen LogP contribution in [-0.2, 0) is 4.84 Å². The first-order chi connectivity index (χ1) is 6.74. The summed E-state index contributed by atoms with van der Waals surface area (Å²) in [6, 6.07) is 0. The summed E-state index contributed by atoms with van der Waals surface area (Å²) >= 11 is 0. The summed E-state index contributed by atoms with van der Waals surface area (Å²) in [4.78, 5) is 5.21. The second-order valence-electron chi connectivity index (χ2n) is 4.57. The molecule has 0 bridgehead atoms. The first-order valence-electron chi connectivity index (χ1n) is 5.91. The molecule has 1 aliphatic rings. The fourth-order valence-electron chi connectivity index (χ4n) is 1.96. The second-order valence-corrected chi connectivity index (χ2v) is 4.57. The molecule has 0 radical (unpaired) electrons. The van der Waals surface area contributed by atoms with Gasteiger partial charge in [-0.2, -0.15) is 0 Å². The monoisotopic (exact) mass is 197 g/mol. The Morgan fingerprint density at radius 1 is 1.36 bits per heavy atom. The molecule has 1 rings (SSSR count). The summed E-state index contributed by atoms with van der Waals surface area (Å²) in [5.74, 6) is 1.73. The lowest BCUT2D eigenvalue weighted by Gasteiger charge is -2.25. The van der Waals surface area contributed by atoms with E-state index in [2.05, 4.69) is 25.9 Å². The molecule has 0 N–H and O–H groups in total. The van der Waals surface area contributed by atoms with Gasteiger partial charge in [0.15, 0.2) is 0 Å². The standard InChI is InChI=1S/C12H23NO/c1-4-9-14-13-12-7-5-11(6-8-12)10(2)3/h10-11H,4-9H2,1-3H3. The molecule has 14 heavy (non-hydrogen) atoms. The van der Waals surface area contributed by atoms with E-state index in [4.69, 9.17) is 4.84 Å². The van der Waals surface area contributed by atoms with Crippen LogP contribution in [0.3, 0.4) is 0 Å². The largest absolute Gasteiger partial charge is 0.396 e. The fraction of sp³-hybridized carbons (Fsp3) is 0.917. The maximum atomic E-state index is 5.21. The van der Waals surface area contributed by atoms with Crippen LogP contribution < -0.4 is 0 Å². The van der Waals surface area contributed by atoms with Gasteiger partial charge in [-0.05, 0) is 43.9 Å². The zero-order chi connectivity index (χ0) is 10.4. The quantitative estimate of drug-likeness (QED) is 0.498. The third kappa shape index (κ3) is 3.69. The molecule has 0 spiro atoms. The highest BCUT2D eigenvalue weighted by atomic mass is 16.6. The Morgan fingerprint density at radius 2 is 2.00 bits per heavy atom. The highest BCUT2D eigenvalue weighted by Gasteiger charge is 2.20. The van der Waals surface area contributed by atoms with E-state index in [1.807, 2.05) is 0 Å². The van der Waals surface area contributed by atoms with E-state index in [1.54, 1.807) is 0 Å². The Labute approximate surface area is 87.7 Å². The van der Waals surface area contributed by atoms with Crippen LogP contribution in [-0.4, -0.2) is 12.3 Å². The van der Waals surface area contributed by atoms with E-state index in [1.165, 1.54) is 18.6 Å². The minimum atomic E-state index is 0.761. The molecule has 0 heterocycles. The van der Waals surface area contributed by atoms with Gasteiger partial charge in [0, 0.05) is 0 Å². The Hall–Kier alpha value is -0.530. The van der Waals surface area contributed by atoms with Crippen LogP contribution in [0.25, 0.3) is 0 Å². The lowest BCUT2D eigenvalue weighted by molar-refractivity contribution is 0.142. The Morgan fingerprint density at radius 3 is 2.50 bits per heavy atom. The number of oxime groups is 1. The molecule has 1 fully saturated rings. The minimum Gasteiger partial charge on any atom is -0.396 e. The van der Waals surface area contributed by atoms with Crippen LogP contribution in [0.15, 0.2) is 5.16 Å².